The van der Waals surface area contributed by atoms with Crippen LogP contribution in [0.3, 0.4) is 0 Å². The van der Waals surface area contributed by atoms with Gasteiger partial charge in [-0.1, -0.05) is 18.5 Å². The van der Waals surface area contributed by atoms with E-state index < -0.39 is 0 Å². The summed E-state index contributed by atoms with van der Waals surface area (Å²) in [7, 11) is 1.61. The molecule has 2 rings (SSSR count). The van der Waals surface area contributed by atoms with Gasteiger partial charge in [0.2, 0.25) is 0 Å². The number of rotatable bonds is 6. The summed E-state index contributed by atoms with van der Waals surface area (Å²) in [5.74, 6) is 2.60. The lowest BCUT2D eigenvalue weighted by molar-refractivity contribution is 0.0960. The summed E-state index contributed by atoms with van der Waals surface area (Å²) in [6.07, 6.45) is 0. The molecule has 1 amide bonds. The lowest BCUT2D eigenvalue weighted by Gasteiger charge is -2.02. The summed E-state index contributed by atoms with van der Waals surface area (Å²) in [5, 5.41) is 4.27. The van der Waals surface area contributed by atoms with Crippen molar-refractivity contribution >= 4 is 50.7 Å². The molecular weight excluding hydrogens is 314 g/mol. The molecule has 1 aromatic carbocycles. The summed E-state index contributed by atoms with van der Waals surface area (Å²) in [4.78, 5) is 12.7. The molecule has 0 saturated carbocycles. The van der Waals surface area contributed by atoms with Crippen LogP contribution in [0.2, 0.25) is 5.02 Å². The van der Waals surface area contributed by atoms with Crippen molar-refractivity contribution in [3.05, 3.63) is 28.1 Å². The third-order valence-corrected chi connectivity index (χ3v) is 5.35. The van der Waals surface area contributed by atoms with Crippen LogP contribution in [-0.2, 0) is 0 Å². The second kappa shape index (κ2) is 7.20. The van der Waals surface area contributed by atoms with Gasteiger partial charge >= 0.3 is 0 Å². The summed E-state index contributed by atoms with van der Waals surface area (Å²) >= 11 is 9.52. The van der Waals surface area contributed by atoms with Crippen LogP contribution in [0.5, 0.6) is 5.75 Å². The zero-order valence-corrected chi connectivity index (χ0v) is 13.8. The smallest absolute Gasteiger partial charge is 0.262 e. The molecule has 0 radical (unpaired) electrons. The predicted octanol–water partition coefficient (Wildman–Crippen LogP) is 4.05. The number of benzene rings is 1. The van der Waals surface area contributed by atoms with Crippen molar-refractivity contribution in [1.82, 2.24) is 5.32 Å². The maximum absolute atomic E-state index is 12.1. The van der Waals surface area contributed by atoms with Crippen LogP contribution in [0.4, 0.5) is 0 Å². The molecule has 0 saturated heterocycles. The van der Waals surface area contributed by atoms with Crippen LogP contribution in [0, 0.1) is 0 Å². The van der Waals surface area contributed by atoms with E-state index in [4.69, 9.17) is 16.3 Å². The van der Waals surface area contributed by atoms with Crippen molar-refractivity contribution in [3.8, 4) is 5.75 Å². The van der Waals surface area contributed by atoms with Crippen molar-refractivity contribution in [1.29, 1.82) is 0 Å². The molecule has 0 aliphatic rings. The van der Waals surface area contributed by atoms with E-state index in [1.807, 2.05) is 18.2 Å². The van der Waals surface area contributed by atoms with E-state index in [9.17, 15) is 4.79 Å². The van der Waals surface area contributed by atoms with E-state index in [-0.39, 0.29) is 5.91 Å². The molecular formula is C14H16ClNO2S2. The zero-order valence-electron chi connectivity index (χ0n) is 11.4. The lowest BCUT2D eigenvalue weighted by Crippen LogP contribution is -2.25. The highest BCUT2D eigenvalue weighted by molar-refractivity contribution is 7.99. The standard InChI is InChI=1S/C14H16ClNO2S2/c1-3-19-7-6-16-14(17)13-12(15)10-8-9(18-2)4-5-11(10)20-13/h4-5,8H,3,6-7H2,1-2H3,(H,16,17). The molecule has 0 aliphatic carbocycles. The van der Waals surface area contributed by atoms with Crippen molar-refractivity contribution in [2.45, 2.75) is 6.92 Å². The van der Waals surface area contributed by atoms with Gasteiger partial charge < -0.3 is 10.1 Å². The molecule has 108 valence electrons. The maximum atomic E-state index is 12.1. The van der Waals surface area contributed by atoms with Gasteiger partial charge in [-0.2, -0.15) is 11.8 Å². The first-order valence-electron chi connectivity index (χ1n) is 6.29. The Balaban J connectivity index is 2.17. The van der Waals surface area contributed by atoms with Crippen LogP contribution < -0.4 is 10.1 Å². The average molecular weight is 330 g/mol. The number of fused-ring (bicyclic) bond motifs is 1. The van der Waals surface area contributed by atoms with E-state index in [1.165, 1.54) is 11.3 Å². The highest BCUT2D eigenvalue weighted by atomic mass is 35.5. The summed E-state index contributed by atoms with van der Waals surface area (Å²) < 4.78 is 6.17. The molecule has 0 aliphatic heterocycles. The molecule has 2 aromatic rings. The summed E-state index contributed by atoms with van der Waals surface area (Å²) in [5.41, 5.74) is 0. The number of thioether (sulfide) groups is 1. The molecule has 0 fully saturated rings. The quantitative estimate of drug-likeness (QED) is 0.813. The van der Waals surface area contributed by atoms with Gasteiger partial charge in [-0.3, -0.25) is 4.79 Å². The molecule has 3 nitrogen and oxygen atoms in total. The topological polar surface area (TPSA) is 38.3 Å². The Morgan fingerprint density at radius 2 is 2.30 bits per heavy atom. The second-order valence-electron chi connectivity index (χ2n) is 4.06. The number of nitrogens with one attached hydrogen (secondary N) is 1. The first kappa shape index (κ1) is 15.5. The Hall–Kier alpha value is -0.910. The minimum atomic E-state index is -0.105. The highest BCUT2D eigenvalue weighted by Gasteiger charge is 2.17. The van der Waals surface area contributed by atoms with Gasteiger partial charge in [0.1, 0.15) is 10.6 Å². The molecule has 0 atom stereocenters. The fraction of sp³-hybridized carbons (Fsp3) is 0.357. The van der Waals surface area contributed by atoms with Gasteiger partial charge in [0.25, 0.3) is 5.91 Å². The first-order chi connectivity index (χ1) is 9.67. The zero-order chi connectivity index (χ0) is 14.5. The van der Waals surface area contributed by atoms with Gasteiger partial charge in [-0.25, -0.2) is 0 Å². The molecule has 0 unspecified atom stereocenters. The Bertz CT molecular complexity index is 612. The first-order valence-corrected chi connectivity index (χ1v) is 8.64. The number of hydrogen-bond acceptors (Lipinski definition) is 4. The predicted molar refractivity (Wildman–Crippen MR) is 88.7 cm³/mol. The van der Waals surface area contributed by atoms with Crippen molar-refractivity contribution in [2.75, 3.05) is 25.2 Å². The normalized spacial score (nSPS) is 10.8. The van der Waals surface area contributed by atoms with Crippen LogP contribution >= 0.6 is 34.7 Å². The summed E-state index contributed by atoms with van der Waals surface area (Å²) in [6.45, 7) is 2.76. The van der Waals surface area contributed by atoms with Crippen LogP contribution in [0.15, 0.2) is 18.2 Å². The molecule has 1 aromatic heterocycles. The average Bonchev–Trinajstić information content (AvgIpc) is 2.80. The van der Waals surface area contributed by atoms with E-state index >= 15 is 0 Å². The molecule has 1 heterocycles. The van der Waals surface area contributed by atoms with E-state index in [2.05, 4.69) is 12.2 Å². The largest absolute Gasteiger partial charge is 0.497 e. The number of amides is 1. The third-order valence-electron chi connectivity index (χ3n) is 2.78. The molecule has 0 bridgehead atoms. The number of carbonyl (C=O) groups is 1. The minimum absolute atomic E-state index is 0.105. The number of carbonyl (C=O) groups excluding carboxylic acids is 1. The van der Waals surface area contributed by atoms with E-state index in [0.29, 0.717) is 16.4 Å². The Morgan fingerprint density at radius 1 is 1.50 bits per heavy atom. The Morgan fingerprint density at radius 3 is 3.00 bits per heavy atom. The van der Waals surface area contributed by atoms with Gasteiger partial charge in [-0.05, 0) is 24.0 Å². The monoisotopic (exact) mass is 329 g/mol. The third kappa shape index (κ3) is 3.40. The summed E-state index contributed by atoms with van der Waals surface area (Å²) in [6, 6.07) is 5.65. The number of thiophene rings is 1. The SMILES string of the molecule is CCSCCNC(=O)c1sc2ccc(OC)cc2c1Cl. The number of methoxy groups -OCH3 is 1. The van der Waals surface area contributed by atoms with E-state index in [1.54, 1.807) is 18.9 Å². The van der Waals surface area contributed by atoms with Crippen molar-refractivity contribution < 1.29 is 9.53 Å². The highest BCUT2D eigenvalue weighted by Crippen LogP contribution is 2.37. The maximum Gasteiger partial charge on any atom is 0.262 e. The Labute approximate surface area is 131 Å². The van der Waals surface area contributed by atoms with Gasteiger partial charge in [0, 0.05) is 22.4 Å². The Kier molecular flexibility index (Phi) is 5.57. The lowest BCUT2D eigenvalue weighted by atomic mass is 10.2. The fourth-order valence-electron chi connectivity index (χ4n) is 1.78. The minimum Gasteiger partial charge on any atom is -0.497 e. The van der Waals surface area contributed by atoms with Crippen LogP contribution in [0.25, 0.3) is 10.1 Å². The molecule has 0 spiro atoms. The molecule has 20 heavy (non-hydrogen) atoms. The number of hydrogen-bond donors (Lipinski definition) is 1. The van der Waals surface area contributed by atoms with Crippen LogP contribution in [0.1, 0.15) is 16.6 Å². The number of halogens is 1. The van der Waals surface area contributed by atoms with Gasteiger partial charge in [-0.15, -0.1) is 11.3 Å². The van der Waals surface area contributed by atoms with Crippen LogP contribution in [-0.4, -0.2) is 31.1 Å². The molecule has 6 heteroatoms. The van der Waals surface area contributed by atoms with Gasteiger partial charge in [0.15, 0.2) is 0 Å². The van der Waals surface area contributed by atoms with E-state index in [0.717, 1.165) is 27.3 Å². The van der Waals surface area contributed by atoms with Crippen molar-refractivity contribution in [2.24, 2.45) is 0 Å². The fourth-order valence-corrected chi connectivity index (χ4v) is 3.72. The van der Waals surface area contributed by atoms with Gasteiger partial charge in [0.05, 0.1) is 12.1 Å². The number of ether oxygens (including phenoxy) is 1. The van der Waals surface area contributed by atoms with Crippen molar-refractivity contribution in [3.63, 3.8) is 0 Å². The second-order valence-corrected chi connectivity index (χ2v) is 6.88. The molecule has 1 N–H and O–H groups in total.